The lowest BCUT2D eigenvalue weighted by molar-refractivity contribution is 0.0720. The number of hydrogen-bond donors (Lipinski definition) is 1. The number of fused-ring (bicyclic) bond motifs is 4. The molecule has 3 fully saturated rings. The van der Waals surface area contributed by atoms with Gasteiger partial charge in [0, 0.05) is 19.1 Å². The molecule has 1 N–H and O–H groups in total. The van der Waals surface area contributed by atoms with Crippen molar-refractivity contribution in [2.24, 2.45) is 5.92 Å². The third kappa shape index (κ3) is 2.45. The van der Waals surface area contributed by atoms with Gasteiger partial charge in [-0.05, 0) is 61.9 Å². The maximum absolute atomic E-state index is 5.69. The van der Waals surface area contributed by atoms with E-state index >= 15 is 0 Å². The average Bonchev–Trinajstić information content (AvgIpc) is 2.54. The van der Waals surface area contributed by atoms with Crippen LogP contribution in [0, 0.1) is 5.92 Å². The van der Waals surface area contributed by atoms with Crippen LogP contribution in [-0.2, 0) is 13.0 Å². The molecule has 3 saturated heterocycles. The number of nitrogens with one attached hydrogen (secondary N) is 1. The Morgan fingerprint density at radius 2 is 2.15 bits per heavy atom. The van der Waals surface area contributed by atoms with E-state index in [2.05, 4.69) is 28.4 Å². The molecule has 0 amide bonds. The molecule has 20 heavy (non-hydrogen) atoms. The zero-order valence-electron chi connectivity index (χ0n) is 12.1. The first-order valence-corrected chi connectivity index (χ1v) is 8.09. The van der Waals surface area contributed by atoms with Crippen LogP contribution in [-0.4, -0.2) is 37.2 Å². The summed E-state index contributed by atoms with van der Waals surface area (Å²) in [6.07, 6.45) is 5.10. The average molecular weight is 272 g/mol. The number of nitrogens with zero attached hydrogens (tertiary/aromatic N) is 1. The van der Waals surface area contributed by atoms with Gasteiger partial charge >= 0.3 is 0 Å². The first-order chi connectivity index (χ1) is 9.88. The topological polar surface area (TPSA) is 24.5 Å². The van der Waals surface area contributed by atoms with Gasteiger partial charge in [0.2, 0.25) is 0 Å². The second-order valence-electron chi connectivity index (χ2n) is 6.52. The Labute approximate surface area is 121 Å². The maximum atomic E-state index is 5.69. The molecule has 4 aliphatic heterocycles. The third-order valence-corrected chi connectivity index (χ3v) is 5.20. The molecule has 3 nitrogen and oxygen atoms in total. The summed E-state index contributed by atoms with van der Waals surface area (Å²) in [5.41, 5.74) is 2.80. The van der Waals surface area contributed by atoms with Crippen LogP contribution in [0.2, 0.25) is 0 Å². The second-order valence-corrected chi connectivity index (χ2v) is 6.52. The fraction of sp³-hybridized carbons (Fsp3) is 0.647. The van der Waals surface area contributed by atoms with Crippen molar-refractivity contribution < 1.29 is 4.74 Å². The quantitative estimate of drug-likeness (QED) is 0.913. The monoisotopic (exact) mass is 272 g/mol. The van der Waals surface area contributed by atoms with Gasteiger partial charge in [0.05, 0.1) is 6.61 Å². The first kappa shape index (κ1) is 12.7. The summed E-state index contributed by atoms with van der Waals surface area (Å²) in [4.78, 5) is 2.61. The van der Waals surface area contributed by atoms with E-state index in [0.717, 1.165) is 31.2 Å². The zero-order valence-corrected chi connectivity index (χ0v) is 12.1. The molecule has 1 aromatic rings. The van der Waals surface area contributed by atoms with E-state index in [1.165, 1.54) is 50.0 Å². The van der Waals surface area contributed by atoms with Crippen LogP contribution in [0.3, 0.4) is 0 Å². The zero-order chi connectivity index (χ0) is 13.4. The Bertz CT molecular complexity index is 480. The molecular formula is C17H24N2O. The number of rotatable bonds is 3. The molecule has 1 atom stereocenters. The number of benzene rings is 1. The van der Waals surface area contributed by atoms with Crippen molar-refractivity contribution in [1.29, 1.82) is 0 Å². The minimum absolute atomic E-state index is 0.699. The smallest absolute Gasteiger partial charge is 0.122 e. The normalized spacial score (nSPS) is 31.7. The maximum Gasteiger partial charge on any atom is 0.122 e. The van der Waals surface area contributed by atoms with Crippen LogP contribution in [0.1, 0.15) is 30.4 Å². The van der Waals surface area contributed by atoms with Gasteiger partial charge in [-0.25, -0.2) is 0 Å². The number of hydrogen-bond acceptors (Lipinski definition) is 3. The van der Waals surface area contributed by atoms with Gasteiger partial charge < -0.3 is 15.0 Å². The van der Waals surface area contributed by atoms with Crippen molar-refractivity contribution in [2.75, 3.05) is 26.2 Å². The van der Waals surface area contributed by atoms with E-state index in [4.69, 9.17) is 4.74 Å². The first-order valence-electron chi connectivity index (χ1n) is 8.09. The van der Waals surface area contributed by atoms with Gasteiger partial charge in [-0.3, -0.25) is 0 Å². The van der Waals surface area contributed by atoms with Crippen LogP contribution in [0.5, 0.6) is 5.75 Å². The van der Waals surface area contributed by atoms with Crippen LogP contribution >= 0.6 is 0 Å². The van der Waals surface area contributed by atoms with E-state index in [-0.39, 0.29) is 0 Å². The predicted molar refractivity (Wildman–Crippen MR) is 80.0 cm³/mol. The van der Waals surface area contributed by atoms with Crippen molar-refractivity contribution >= 4 is 0 Å². The van der Waals surface area contributed by atoms with Crippen LogP contribution in [0.25, 0.3) is 0 Å². The highest BCUT2D eigenvalue weighted by Gasteiger charge is 2.33. The lowest BCUT2D eigenvalue weighted by Gasteiger charge is -2.45. The predicted octanol–water partition coefficient (Wildman–Crippen LogP) is 2.20. The molecule has 0 spiro atoms. The summed E-state index contributed by atoms with van der Waals surface area (Å²) >= 11 is 0. The Kier molecular flexibility index (Phi) is 3.41. The molecule has 0 saturated carbocycles. The van der Waals surface area contributed by atoms with Gasteiger partial charge in [-0.15, -0.1) is 0 Å². The SMILES string of the molecule is c1cc2c(cc1CN[C@@H]1CN3CCC1CC3)CCCO2. The minimum atomic E-state index is 0.699. The molecule has 2 bridgehead atoms. The fourth-order valence-corrected chi connectivity index (χ4v) is 3.97. The summed E-state index contributed by atoms with van der Waals surface area (Å²) < 4.78 is 5.69. The van der Waals surface area contributed by atoms with Crippen molar-refractivity contribution in [3.63, 3.8) is 0 Å². The van der Waals surface area contributed by atoms with Crippen molar-refractivity contribution in [3.8, 4) is 5.75 Å². The molecule has 0 aliphatic carbocycles. The lowest BCUT2D eigenvalue weighted by Crippen LogP contribution is -2.55. The lowest BCUT2D eigenvalue weighted by atomic mass is 9.84. The number of piperidine rings is 3. The molecular weight excluding hydrogens is 248 g/mol. The van der Waals surface area contributed by atoms with Crippen LogP contribution in [0.4, 0.5) is 0 Å². The second kappa shape index (κ2) is 5.38. The van der Waals surface area contributed by atoms with Crippen molar-refractivity contribution in [3.05, 3.63) is 29.3 Å². The molecule has 0 unspecified atom stereocenters. The highest BCUT2D eigenvalue weighted by Crippen LogP contribution is 2.28. The van der Waals surface area contributed by atoms with E-state index in [0.29, 0.717) is 6.04 Å². The van der Waals surface area contributed by atoms with E-state index in [1.54, 1.807) is 0 Å². The summed E-state index contributed by atoms with van der Waals surface area (Å²) in [5, 5.41) is 3.79. The molecule has 4 heterocycles. The number of ether oxygens (including phenoxy) is 1. The van der Waals surface area contributed by atoms with Crippen molar-refractivity contribution in [2.45, 2.75) is 38.3 Å². The van der Waals surface area contributed by atoms with Crippen LogP contribution in [0.15, 0.2) is 18.2 Å². The molecule has 3 heteroatoms. The van der Waals surface area contributed by atoms with E-state index < -0.39 is 0 Å². The van der Waals surface area contributed by atoms with Crippen molar-refractivity contribution in [1.82, 2.24) is 10.2 Å². The van der Waals surface area contributed by atoms with Crippen LogP contribution < -0.4 is 10.1 Å². The van der Waals surface area contributed by atoms with E-state index in [9.17, 15) is 0 Å². The Morgan fingerprint density at radius 3 is 2.95 bits per heavy atom. The highest BCUT2D eigenvalue weighted by atomic mass is 16.5. The molecule has 5 rings (SSSR count). The molecule has 108 valence electrons. The molecule has 0 aromatic heterocycles. The number of aryl methyl sites for hydroxylation is 1. The summed E-state index contributed by atoms with van der Waals surface area (Å²) in [6.45, 7) is 5.77. The van der Waals surface area contributed by atoms with Gasteiger partial charge in [-0.2, -0.15) is 0 Å². The summed E-state index contributed by atoms with van der Waals surface area (Å²) in [5.74, 6) is 2.00. The largest absolute Gasteiger partial charge is 0.493 e. The molecule has 0 radical (unpaired) electrons. The third-order valence-electron chi connectivity index (χ3n) is 5.20. The Hall–Kier alpha value is -1.06. The van der Waals surface area contributed by atoms with Gasteiger partial charge in [0.25, 0.3) is 0 Å². The highest BCUT2D eigenvalue weighted by molar-refractivity contribution is 5.38. The fourth-order valence-electron chi connectivity index (χ4n) is 3.97. The molecule has 4 aliphatic rings. The minimum Gasteiger partial charge on any atom is -0.493 e. The molecule has 1 aromatic carbocycles. The summed E-state index contributed by atoms with van der Waals surface area (Å²) in [6, 6.07) is 7.41. The summed E-state index contributed by atoms with van der Waals surface area (Å²) in [7, 11) is 0. The standard InChI is InChI=1S/C17H24N2O/c1-2-15-10-13(3-4-17(15)20-9-1)11-18-16-12-19-7-5-14(16)6-8-19/h3-4,10,14,16,18H,1-2,5-9,11-12H2/t16-/m1/s1. The van der Waals surface area contributed by atoms with Gasteiger partial charge in [-0.1, -0.05) is 12.1 Å². The Balaban J connectivity index is 1.39. The van der Waals surface area contributed by atoms with E-state index in [1.807, 2.05) is 0 Å². The van der Waals surface area contributed by atoms with Gasteiger partial charge in [0.15, 0.2) is 0 Å². The van der Waals surface area contributed by atoms with Gasteiger partial charge in [0.1, 0.15) is 5.75 Å². The Morgan fingerprint density at radius 1 is 1.25 bits per heavy atom.